The first-order chi connectivity index (χ1) is 11.9. The Morgan fingerprint density at radius 3 is 2.68 bits per heavy atom. The minimum absolute atomic E-state index is 0.0161. The fraction of sp³-hybridized carbons (Fsp3) is 0.421. The zero-order valence-corrected chi connectivity index (χ0v) is 15.9. The van der Waals surface area contributed by atoms with Crippen LogP contribution < -0.4 is 0 Å². The quantitative estimate of drug-likeness (QED) is 0.528. The lowest BCUT2D eigenvalue weighted by atomic mass is 9.97. The van der Waals surface area contributed by atoms with Gasteiger partial charge in [0.05, 0.1) is 12.2 Å². The number of rotatable bonds is 7. The van der Waals surface area contributed by atoms with Crippen molar-refractivity contribution in [3.8, 4) is 0 Å². The summed E-state index contributed by atoms with van der Waals surface area (Å²) in [6.45, 7) is 1.80. The molecule has 0 amide bonds. The zero-order valence-electron chi connectivity index (χ0n) is 14.2. The second-order valence-electron chi connectivity index (χ2n) is 6.33. The number of benzene rings is 2. The molecule has 134 valence electrons. The van der Waals surface area contributed by atoms with E-state index in [4.69, 9.17) is 4.18 Å². The fourth-order valence-corrected chi connectivity index (χ4v) is 6.11. The molecule has 6 heteroatoms. The molecule has 1 fully saturated rings. The predicted octanol–water partition coefficient (Wildman–Crippen LogP) is 4.39. The molecule has 1 saturated heterocycles. The Labute approximate surface area is 153 Å². The van der Waals surface area contributed by atoms with Crippen LogP contribution in [0.2, 0.25) is 0 Å². The molecule has 0 aliphatic carbocycles. The van der Waals surface area contributed by atoms with E-state index in [2.05, 4.69) is 0 Å². The summed E-state index contributed by atoms with van der Waals surface area (Å²) in [6, 6.07) is 13.4. The molecule has 3 rings (SSSR count). The van der Waals surface area contributed by atoms with Crippen LogP contribution in [0.1, 0.15) is 43.0 Å². The molecule has 25 heavy (non-hydrogen) atoms. The Bertz CT molecular complexity index is 863. The van der Waals surface area contributed by atoms with Crippen LogP contribution in [0.25, 0.3) is 10.8 Å². The molecule has 1 aliphatic heterocycles. The summed E-state index contributed by atoms with van der Waals surface area (Å²) in [7, 11) is -3.62. The van der Waals surface area contributed by atoms with Crippen LogP contribution >= 0.6 is 11.8 Å². The number of hydrogen-bond donors (Lipinski definition) is 0. The lowest BCUT2D eigenvalue weighted by molar-refractivity contribution is 0.0875. The standard InChI is InChI=1S/C19H22O4S2/c1-2-13-25(21,22)23-19(11-6-12-24-19)14-18(20)17-10-5-8-15-7-3-4-9-16(15)17/h3-5,7-10H,2,6,11-14H2,1H3. The molecule has 1 atom stereocenters. The van der Waals surface area contributed by atoms with E-state index >= 15 is 0 Å². The summed E-state index contributed by atoms with van der Waals surface area (Å²) in [5.41, 5.74) is 0.626. The lowest BCUT2D eigenvalue weighted by Gasteiger charge is -2.27. The number of hydrogen-bond acceptors (Lipinski definition) is 5. The van der Waals surface area contributed by atoms with Crippen molar-refractivity contribution < 1.29 is 17.4 Å². The maximum atomic E-state index is 13.0. The third-order valence-electron chi connectivity index (χ3n) is 4.32. The normalized spacial score (nSPS) is 20.8. The van der Waals surface area contributed by atoms with Crippen molar-refractivity contribution in [3.63, 3.8) is 0 Å². The second kappa shape index (κ2) is 7.48. The highest BCUT2D eigenvalue weighted by Crippen LogP contribution is 2.44. The van der Waals surface area contributed by atoms with Crippen molar-refractivity contribution >= 4 is 38.4 Å². The number of carbonyl (C=O) groups excluding carboxylic acids is 1. The van der Waals surface area contributed by atoms with E-state index in [1.165, 1.54) is 11.8 Å². The van der Waals surface area contributed by atoms with E-state index < -0.39 is 15.1 Å². The summed E-state index contributed by atoms with van der Waals surface area (Å²) in [4.78, 5) is 12.0. The Morgan fingerprint density at radius 1 is 1.20 bits per heavy atom. The van der Waals surface area contributed by atoms with Gasteiger partial charge in [-0.05, 0) is 35.8 Å². The Kier molecular flexibility index (Phi) is 5.51. The first kappa shape index (κ1) is 18.4. The van der Waals surface area contributed by atoms with Crippen molar-refractivity contribution in [2.75, 3.05) is 11.5 Å². The Hall–Kier alpha value is -1.37. The van der Waals surface area contributed by atoms with Crippen molar-refractivity contribution in [1.29, 1.82) is 0 Å². The molecule has 1 aliphatic rings. The van der Waals surface area contributed by atoms with E-state index in [1.807, 2.05) is 36.4 Å². The van der Waals surface area contributed by atoms with Gasteiger partial charge in [-0.2, -0.15) is 8.42 Å². The summed E-state index contributed by atoms with van der Waals surface area (Å²) in [5, 5.41) is 1.89. The lowest BCUT2D eigenvalue weighted by Crippen LogP contribution is -2.33. The third kappa shape index (κ3) is 4.25. The summed E-state index contributed by atoms with van der Waals surface area (Å²) in [6.07, 6.45) is 2.02. The van der Waals surface area contributed by atoms with Crippen LogP contribution in [-0.4, -0.2) is 30.6 Å². The summed E-state index contributed by atoms with van der Waals surface area (Å²) < 4.78 is 29.9. The molecule has 1 unspecified atom stereocenters. The maximum Gasteiger partial charge on any atom is 0.268 e. The van der Waals surface area contributed by atoms with Crippen molar-refractivity contribution in [1.82, 2.24) is 0 Å². The summed E-state index contributed by atoms with van der Waals surface area (Å²) >= 11 is 1.45. The molecule has 0 spiro atoms. The average Bonchev–Trinajstić information content (AvgIpc) is 3.01. The van der Waals surface area contributed by atoms with Crippen molar-refractivity contribution in [2.45, 2.75) is 37.5 Å². The molecule has 2 aromatic carbocycles. The van der Waals surface area contributed by atoms with E-state index in [0.717, 1.165) is 22.9 Å². The fourth-order valence-electron chi connectivity index (χ4n) is 3.24. The van der Waals surface area contributed by atoms with Crippen molar-refractivity contribution in [3.05, 3.63) is 48.0 Å². The van der Waals surface area contributed by atoms with Crippen LogP contribution in [-0.2, 0) is 14.3 Å². The van der Waals surface area contributed by atoms with Gasteiger partial charge in [-0.1, -0.05) is 49.4 Å². The van der Waals surface area contributed by atoms with Gasteiger partial charge in [0.1, 0.15) is 4.93 Å². The number of Topliss-reactive ketones (excluding diaryl/α,β-unsaturated/α-hetero) is 1. The molecule has 0 saturated carbocycles. The van der Waals surface area contributed by atoms with Gasteiger partial charge in [-0.3, -0.25) is 8.98 Å². The van der Waals surface area contributed by atoms with Crippen LogP contribution in [0.3, 0.4) is 0 Å². The van der Waals surface area contributed by atoms with E-state index in [-0.39, 0.29) is 18.0 Å². The Morgan fingerprint density at radius 2 is 1.96 bits per heavy atom. The number of fused-ring (bicyclic) bond motifs is 1. The van der Waals surface area contributed by atoms with Gasteiger partial charge in [-0.15, -0.1) is 11.8 Å². The van der Waals surface area contributed by atoms with Gasteiger partial charge in [0.25, 0.3) is 10.1 Å². The summed E-state index contributed by atoms with van der Waals surface area (Å²) in [5.74, 6) is 0.722. The third-order valence-corrected chi connectivity index (χ3v) is 7.36. The van der Waals surface area contributed by atoms with Gasteiger partial charge in [-0.25, -0.2) is 0 Å². The second-order valence-corrected chi connectivity index (χ2v) is 9.47. The van der Waals surface area contributed by atoms with Crippen LogP contribution in [0.15, 0.2) is 42.5 Å². The highest BCUT2D eigenvalue weighted by atomic mass is 32.2. The van der Waals surface area contributed by atoms with E-state index in [9.17, 15) is 13.2 Å². The molecule has 1 heterocycles. The SMILES string of the molecule is CCCS(=O)(=O)OC1(CC(=O)c2cccc3ccccc23)CCCS1. The van der Waals surface area contributed by atoms with Crippen molar-refractivity contribution in [2.24, 2.45) is 0 Å². The monoisotopic (exact) mass is 378 g/mol. The molecule has 4 nitrogen and oxygen atoms in total. The minimum Gasteiger partial charge on any atom is -0.294 e. The van der Waals surface area contributed by atoms with Gasteiger partial charge < -0.3 is 0 Å². The number of carbonyl (C=O) groups is 1. The highest BCUT2D eigenvalue weighted by molar-refractivity contribution is 8.01. The highest BCUT2D eigenvalue weighted by Gasteiger charge is 2.42. The molecule has 0 radical (unpaired) electrons. The molecule has 0 aromatic heterocycles. The number of ketones is 1. The largest absolute Gasteiger partial charge is 0.294 e. The first-order valence-electron chi connectivity index (χ1n) is 8.53. The Balaban J connectivity index is 1.88. The topological polar surface area (TPSA) is 60.4 Å². The minimum atomic E-state index is -3.62. The first-order valence-corrected chi connectivity index (χ1v) is 11.1. The predicted molar refractivity (Wildman–Crippen MR) is 102 cm³/mol. The zero-order chi connectivity index (χ0) is 17.9. The van der Waals surface area contributed by atoms with E-state index in [1.54, 1.807) is 13.0 Å². The van der Waals surface area contributed by atoms with Crippen LogP contribution in [0, 0.1) is 0 Å². The molecular formula is C19H22O4S2. The molecule has 0 N–H and O–H groups in total. The van der Waals surface area contributed by atoms with E-state index in [0.29, 0.717) is 18.4 Å². The van der Waals surface area contributed by atoms with Gasteiger partial charge >= 0.3 is 0 Å². The van der Waals surface area contributed by atoms with Gasteiger partial charge in [0, 0.05) is 5.56 Å². The smallest absolute Gasteiger partial charge is 0.268 e. The van der Waals surface area contributed by atoms with Crippen LogP contribution in [0.4, 0.5) is 0 Å². The van der Waals surface area contributed by atoms with Crippen LogP contribution in [0.5, 0.6) is 0 Å². The average molecular weight is 379 g/mol. The maximum absolute atomic E-state index is 13.0. The van der Waals surface area contributed by atoms with Gasteiger partial charge in [0.2, 0.25) is 0 Å². The molecule has 0 bridgehead atoms. The molecular weight excluding hydrogens is 356 g/mol. The van der Waals surface area contributed by atoms with Gasteiger partial charge in [0.15, 0.2) is 5.78 Å². The number of thioether (sulfide) groups is 1. The molecule has 2 aromatic rings.